The number of nitrogen functional groups attached to an aromatic ring is 1. The van der Waals surface area contributed by atoms with Crippen molar-refractivity contribution >= 4 is 11.5 Å². The molecule has 1 atom stereocenters. The first-order valence-corrected chi connectivity index (χ1v) is 4.88. The molecule has 1 aliphatic heterocycles. The van der Waals surface area contributed by atoms with Crippen LogP contribution in [0.1, 0.15) is 12.5 Å². The van der Waals surface area contributed by atoms with Crippen LogP contribution in [0.4, 0.5) is 5.69 Å². The zero-order chi connectivity index (χ0) is 10.9. The molecule has 0 bridgehead atoms. The fourth-order valence-corrected chi connectivity index (χ4v) is 1.76. The van der Waals surface area contributed by atoms with Crippen LogP contribution in [0.25, 0.3) is 0 Å². The number of hydrogen-bond acceptors (Lipinski definition) is 4. The lowest BCUT2D eigenvalue weighted by atomic mass is 9.92. The van der Waals surface area contributed by atoms with Gasteiger partial charge >= 0.3 is 0 Å². The normalized spacial score (nSPS) is 26.1. The van der Waals surface area contributed by atoms with Crippen LogP contribution >= 0.6 is 0 Å². The molecule has 4 nitrogen and oxygen atoms in total. The summed E-state index contributed by atoms with van der Waals surface area (Å²) in [6, 6.07) is 7.66. The fourth-order valence-electron chi connectivity index (χ4n) is 1.76. The third-order valence-corrected chi connectivity index (χ3v) is 2.53. The molecule has 4 N–H and O–H groups in total. The van der Waals surface area contributed by atoms with E-state index in [0.29, 0.717) is 19.0 Å². The van der Waals surface area contributed by atoms with Gasteiger partial charge in [0, 0.05) is 5.69 Å². The van der Waals surface area contributed by atoms with Crippen molar-refractivity contribution in [2.45, 2.75) is 12.5 Å². The summed E-state index contributed by atoms with van der Waals surface area (Å²) in [5.41, 5.74) is 12.8. The molecule has 2 rings (SSSR count). The summed E-state index contributed by atoms with van der Waals surface area (Å²) in [5, 5.41) is 0. The van der Waals surface area contributed by atoms with Crippen molar-refractivity contribution < 1.29 is 4.74 Å². The Morgan fingerprint density at radius 2 is 2.20 bits per heavy atom. The molecule has 0 unspecified atom stereocenters. The number of nitrogens with two attached hydrogens (primary N) is 2. The van der Waals surface area contributed by atoms with Crippen molar-refractivity contribution in [1.82, 2.24) is 0 Å². The van der Waals surface area contributed by atoms with Crippen molar-refractivity contribution in [3.05, 3.63) is 29.8 Å². The molecule has 0 spiro atoms. The minimum absolute atomic E-state index is 0.405. The standard InChI is InChI=1S/C11H15N3O/c1-11(7-15-6-10(13)14-11)8-3-2-4-9(12)5-8/h2-5H,6-7,12H2,1H3,(H2,13,14)/t11-/m1/s1. The van der Waals surface area contributed by atoms with Crippen molar-refractivity contribution in [3.8, 4) is 0 Å². The molecule has 0 saturated carbocycles. The molecule has 1 heterocycles. The van der Waals surface area contributed by atoms with E-state index in [1.165, 1.54) is 0 Å². The van der Waals surface area contributed by atoms with E-state index in [0.717, 1.165) is 11.3 Å². The van der Waals surface area contributed by atoms with Crippen LogP contribution in [-0.4, -0.2) is 19.0 Å². The first-order chi connectivity index (χ1) is 7.10. The highest BCUT2D eigenvalue weighted by Crippen LogP contribution is 2.29. The molecule has 0 fully saturated rings. The Morgan fingerprint density at radius 1 is 1.40 bits per heavy atom. The predicted molar refractivity (Wildman–Crippen MR) is 60.6 cm³/mol. The average molecular weight is 205 g/mol. The van der Waals surface area contributed by atoms with Gasteiger partial charge in [0.2, 0.25) is 0 Å². The Hall–Kier alpha value is -1.55. The summed E-state index contributed by atoms with van der Waals surface area (Å²) in [6.07, 6.45) is 0. The Morgan fingerprint density at radius 3 is 2.87 bits per heavy atom. The summed E-state index contributed by atoms with van der Waals surface area (Å²) in [4.78, 5) is 4.44. The fraction of sp³-hybridized carbons (Fsp3) is 0.364. The SMILES string of the molecule is C[C@]1(c2cccc(N)c2)COCC(N)=N1. The largest absolute Gasteiger partial charge is 0.399 e. The highest BCUT2D eigenvalue weighted by Gasteiger charge is 2.29. The lowest BCUT2D eigenvalue weighted by molar-refractivity contribution is 0.106. The second-order valence-electron chi connectivity index (χ2n) is 4.00. The van der Waals surface area contributed by atoms with Gasteiger partial charge in [0.05, 0.1) is 6.61 Å². The zero-order valence-electron chi connectivity index (χ0n) is 8.73. The highest BCUT2D eigenvalue weighted by molar-refractivity contribution is 5.82. The zero-order valence-corrected chi connectivity index (χ0v) is 8.73. The number of aliphatic imine (C=N–C) groups is 1. The molecule has 80 valence electrons. The van der Waals surface area contributed by atoms with E-state index in [9.17, 15) is 0 Å². The molecule has 0 saturated heterocycles. The van der Waals surface area contributed by atoms with Gasteiger partial charge in [0.1, 0.15) is 18.0 Å². The molecule has 4 heteroatoms. The third-order valence-electron chi connectivity index (χ3n) is 2.53. The Kier molecular flexibility index (Phi) is 2.36. The lowest BCUT2D eigenvalue weighted by Crippen LogP contribution is -2.37. The van der Waals surface area contributed by atoms with Gasteiger partial charge in [-0.05, 0) is 24.6 Å². The van der Waals surface area contributed by atoms with Crippen LogP contribution in [0.3, 0.4) is 0 Å². The minimum atomic E-state index is -0.405. The molecular weight excluding hydrogens is 190 g/mol. The van der Waals surface area contributed by atoms with E-state index in [4.69, 9.17) is 16.2 Å². The summed E-state index contributed by atoms with van der Waals surface area (Å²) >= 11 is 0. The summed E-state index contributed by atoms with van der Waals surface area (Å²) < 4.78 is 5.40. The van der Waals surface area contributed by atoms with Crippen LogP contribution in [0.5, 0.6) is 0 Å². The molecule has 15 heavy (non-hydrogen) atoms. The summed E-state index contributed by atoms with van der Waals surface area (Å²) in [6.45, 7) is 2.95. The number of ether oxygens (including phenoxy) is 1. The predicted octanol–water partition coefficient (Wildman–Crippen LogP) is 0.871. The molecule has 1 aliphatic rings. The van der Waals surface area contributed by atoms with Crippen molar-refractivity contribution in [1.29, 1.82) is 0 Å². The smallest absolute Gasteiger partial charge is 0.121 e. The highest BCUT2D eigenvalue weighted by atomic mass is 16.5. The number of benzene rings is 1. The van der Waals surface area contributed by atoms with Crippen LogP contribution in [0.2, 0.25) is 0 Å². The van der Waals surface area contributed by atoms with E-state index < -0.39 is 5.54 Å². The molecule has 0 aliphatic carbocycles. The van der Waals surface area contributed by atoms with Crippen LogP contribution < -0.4 is 11.5 Å². The Balaban J connectivity index is 2.41. The first-order valence-electron chi connectivity index (χ1n) is 4.88. The van der Waals surface area contributed by atoms with E-state index in [1.54, 1.807) is 0 Å². The second kappa shape index (κ2) is 3.55. The van der Waals surface area contributed by atoms with Gasteiger partial charge in [0.25, 0.3) is 0 Å². The molecular formula is C11H15N3O. The number of anilines is 1. The number of hydrogen-bond donors (Lipinski definition) is 2. The van der Waals surface area contributed by atoms with Gasteiger partial charge in [-0.3, -0.25) is 4.99 Å². The van der Waals surface area contributed by atoms with Gasteiger partial charge in [0.15, 0.2) is 0 Å². The van der Waals surface area contributed by atoms with Crippen LogP contribution in [0.15, 0.2) is 29.3 Å². The van der Waals surface area contributed by atoms with E-state index in [-0.39, 0.29) is 0 Å². The minimum Gasteiger partial charge on any atom is -0.399 e. The number of rotatable bonds is 1. The van der Waals surface area contributed by atoms with Crippen LogP contribution in [-0.2, 0) is 10.3 Å². The third kappa shape index (κ3) is 1.94. The number of amidine groups is 1. The van der Waals surface area contributed by atoms with Gasteiger partial charge in [-0.2, -0.15) is 0 Å². The Labute approximate surface area is 88.9 Å². The maximum atomic E-state index is 5.74. The molecule has 1 aromatic carbocycles. The lowest BCUT2D eigenvalue weighted by Gasteiger charge is -2.30. The molecule has 0 aromatic heterocycles. The summed E-state index contributed by atoms with van der Waals surface area (Å²) in [5.74, 6) is 0.533. The molecule has 1 aromatic rings. The van der Waals surface area contributed by atoms with Gasteiger partial charge < -0.3 is 16.2 Å². The monoisotopic (exact) mass is 205 g/mol. The van der Waals surface area contributed by atoms with E-state index >= 15 is 0 Å². The first kappa shape index (κ1) is 9.98. The van der Waals surface area contributed by atoms with Crippen molar-refractivity contribution in [3.63, 3.8) is 0 Å². The topological polar surface area (TPSA) is 73.6 Å². The average Bonchev–Trinajstić information content (AvgIpc) is 2.17. The second-order valence-corrected chi connectivity index (χ2v) is 4.00. The van der Waals surface area contributed by atoms with Gasteiger partial charge in [-0.1, -0.05) is 12.1 Å². The van der Waals surface area contributed by atoms with E-state index in [1.807, 2.05) is 31.2 Å². The van der Waals surface area contributed by atoms with E-state index in [2.05, 4.69) is 4.99 Å². The van der Waals surface area contributed by atoms with Crippen LogP contribution in [0, 0.1) is 0 Å². The van der Waals surface area contributed by atoms with Crippen molar-refractivity contribution in [2.24, 2.45) is 10.7 Å². The quantitative estimate of drug-likeness (QED) is 0.668. The maximum Gasteiger partial charge on any atom is 0.121 e. The van der Waals surface area contributed by atoms with Gasteiger partial charge in [-0.15, -0.1) is 0 Å². The molecule has 0 radical (unpaired) electrons. The van der Waals surface area contributed by atoms with Gasteiger partial charge in [-0.25, -0.2) is 0 Å². The van der Waals surface area contributed by atoms with Crippen molar-refractivity contribution in [2.75, 3.05) is 18.9 Å². The molecule has 0 amide bonds. The maximum absolute atomic E-state index is 5.74. The summed E-state index contributed by atoms with van der Waals surface area (Å²) in [7, 11) is 0. The number of nitrogens with zero attached hydrogens (tertiary/aromatic N) is 1. The Bertz CT molecular complexity index is 403.